The number of carboxylic acids is 1. The first-order valence-electron chi connectivity index (χ1n) is 12.5. The number of aliphatic carboxylic acids is 1. The standard InChI is InChI=1S/C28H32N2O5/c1-18-15-30(16-23(18)26(32)33)25(31)14-28(12-6-7-13-28)29-27(34)35-17-24-21-10-4-2-8-19(21)20-9-3-5-11-22(20)24/h2-5,8-11,18,23-24H,6-7,12-17H2,1H3,(H,29,34)(H,32,33). The minimum Gasteiger partial charge on any atom is -0.481 e. The van der Waals surface area contributed by atoms with Crippen molar-refractivity contribution >= 4 is 18.0 Å². The van der Waals surface area contributed by atoms with Gasteiger partial charge in [-0.05, 0) is 41.0 Å². The van der Waals surface area contributed by atoms with E-state index in [0.717, 1.165) is 24.0 Å². The van der Waals surface area contributed by atoms with Crippen molar-refractivity contribution in [2.24, 2.45) is 11.8 Å². The number of benzene rings is 2. The molecule has 2 aliphatic carbocycles. The van der Waals surface area contributed by atoms with Crippen molar-refractivity contribution in [2.75, 3.05) is 19.7 Å². The zero-order valence-electron chi connectivity index (χ0n) is 20.0. The first-order valence-corrected chi connectivity index (χ1v) is 12.5. The van der Waals surface area contributed by atoms with Gasteiger partial charge >= 0.3 is 12.1 Å². The number of nitrogens with one attached hydrogen (secondary N) is 1. The fourth-order valence-electron chi connectivity index (χ4n) is 6.14. The van der Waals surface area contributed by atoms with E-state index in [1.54, 1.807) is 4.90 Å². The molecule has 1 saturated heterocycles. The Balaban J connectivity index is 1.23. The van der Waals surface area contributed by atoms with E-state index < -0.39 is 23.5 Å². The summed E-state index contributed by atoms with van der Waals surface area (Å²) in [5.74, 6) is -1.59. The number of carbonyl (C=O) groups is 3. The number of rotatable bonds is 6. The smallest absolute Gasteiger partial charge is 0.407 e. The number of amides is 2. The minimum atomic E-state index is -0.861. The molecule has 2 aromatic carbocycles. The van der Waals surface area contributed by atoms with Crippen molar-refractivity contribution in [1.82, 2.24) is 10.2 Å². The van der Waals surface area contributed by atoms with E-state index in [-0.39, 0.29) is 37.3 Å². The maximum atomic E-state index is 13.1. The van der Waals surface area contributed by atoms with Gasteiger partial charge in [0.2, 0.25) is 5.91 Å². The minimum absolute atomic E-state index is 0.0200. The predicted molar refractivity (Wildman–Crippen MR) is 131 cm³/mol. The Kier molecular flexibility index (Phi) is 6.26. The maximum Gasteiger partial charge on any atom is 0.407 e. The lowest BCUT2D eigenvalue weighted by Gasteiger charge is -2.31. The molecule has 3 aliphatic rings. The number of ether oxygens (including phenoxy) is 1. The summed E-state index contributed by atoms with van der Waals surface area (Å²) in [7, 11) is 0. The van der Waals surface area contributed by atoms with Gasteiger partial charge in [0.25, 0.3) is 0 Å². The van der Waals surface area contributed by atoms with Gasteiger partial charge in [0, 0.05) is 19.0 Å². The van der Waals surface area contributed by atoms with Gasteiger partial charge in [-0.15, -0.1) is 0 Å². The summed E-state index contributed by atoms with van der Waals surface area (Å²) in [6, 6.07) is 16.4. The summed E-state index contributed by atoms with van der Waals surface area (Å²) in [6.07, 6.45) is 2.98. The number of hydrogen-bond donors (Lipinski definition) is 2. The monoisotopic (exact) mass is 476 g/mol. The fraction of sp³-hybridized carbons (Fsp3) is 0.464. The van der Waals surface area contributed by atoms with E-state index >= 15 is 0 Å². The third-order valence-electron chi connectivity index (χ3n) is 8.04. The fourth-order valence-corrected chi connectivity index (χ4v) is 6.14. The SMILES string of the molecule is CC1CN(C(=O)CC2(NC(=O)OCC3c4ccccc4-c4ccccc43)CCCC2)CC1C(=O)O. The summed E-state index contributed by atoms with van der Waals surface area (Å²) >= 11 is 0. The molecule has 7 heteroatoms. The molecule has 1 saturated carbocycles. The quantitative estimate of drug-likeness (QED) is 0.644. The van der Waals surface area contributed by atoms with Crippen LogP contribution in [0, 0.1) is 11.8 Å². The largest absolute Gasteiger partial charge is 0.481 e. The number of carboxylic acid groups (broad SMARTS) is 1. The highest BCUT2D eigenvalue weighted by molar-refractivity contribution is 5.81. The number of fused-ring (bicyclic) bond motifs is 3. The van der Waals surface area contributed by atoms with Crippen molar-refractivity contribution in [3.05, 3.63) is 59.7 Å². The van der Waals surface area contributed by atoms with Gasteiger partial charge in [0.15, 0.2) is 0 Å². The number of nitrogens with zero attached hydrogens (tertiary/aromatic N) is 1. The van der Waals surface area contributed by atoms with Crippen molar-refractivity contribution < 1.29 is 24.2 Å². The van der Waals surface area contributed by atoms with Crippen LogP contribution in [-0.2, 0) is 14.3 Å². The second-order valence-electron chi connectivity index (χ2n) is 10.3. The van der Waals surface area contributed by atoms with Crippen LogP contribution in [0.3, 0.4) is 0 Å². The van der Waals surface area contributed by atoms with Crippen LogP contribution in [0.4, 0.5) is 4.79 Å². The van der Waals surface area contributed by atoms with Gasteiger partial charge < -0.3 is 20.1 Å². The van der Waals surface area contributed by atoms with Crippen LogP contribution >= 0.6 is 0 Å². The molecule has 2 atom stereocenters. The van der Waals surface area contributed by atoms with E-state index in [1.807, 2.05) is 31.2 Å². The Hall–Kier alpha value is -3.35. The lowest BCUT2D eigenvalue weighted by atomic mass is 9.92. The van der Waals surface area contributed by atoms with E-state index in [1.165, 1.54) is 11.1 Å². The normalized spacial score (nSPS) is 22.5. The average Bonchev–Trinajstić information content (AvgIpc) is 3.54. The molecule has 1 heterocycles. The summed E-state index contributed by atoms with van der Waals surface area (Å²) in [4.78, 5) is 39.1. The van der Waals surface area contributed by atoms with Gasteiger partial charge in [0.1, 0.15) is 6.61 Å². The summed E-state index contributed by atoms with van der Waals surface area (Å²) in [6.45, 7) is 2.77. The predicted octanol–water partition coefficient (Wildman–Crippen LogP) is 4.41. The summed E-state index contributed by atoms with van der Waals surface area (Å²) in [5.41, 5.74) is 4.03. The van der Waals surface area contributed by atoms with E-state index in [9.17, 15) is 19.5 Å². The lowest BCUT2D eigenvalue weighted by molar-refractivity contribution is -0.142. The molecule has 1 aliphatic heterocycles. The molecule has 0 aromatic heterocycles. The second-order valence-corrected chi connectivity index (χ2v) is 10.3. The van der Waals surface area contributed by atoms with E-state index in [2.05, 4.69) is 29.6 Å². The van der Waals surface area contributed by atoms with Crippen molar-refractivity contribution in [2.45, 2.75) is 50.5 Å². The number of likely N-dealkylation sites (tertiary alicyclic amines) is 1. The van der Waals surface area contributed by atoms with E-state index in [0.29, 0.717) is 19.4 Å². The third-order valence-corrected chi connectivity index (χ3v) is 8.04. The Morgan fingerprint density at radius 2 is 1.60 bits per heavy atom. The molecule has 2 N–H and O–H groups in total. The maximum absolute atomic E-state index is 13.1. The zero-order valence-corrected chi connectivity index (χ0v) is 20.0. The lowest BCUT2D eigenvalue weighted by Crippen LogP contribution is -2.50. The van der Waals surface area contributed by atoms with Crippen molar-refractivity contribution in [3.8, 4) is 11.1 Å². The topological polar surface area (TPSA) is 95.9 Å². The van der Waals surface area contributed by atoms with Gasteiger partial charge in [-0.2, -0.15) is 0 Å². The first-order chi connectivity index (χ1) is 16.9. The molecule has 2 unspecified atom stereocenters. The molecule has 2 aromatic rings. The Bertz CT molecular complexity index is 1090. The average molecular weight is 477 g/mol. The summed E-state index contributed by atoms with van der Waals surface area (Å²) in [5, 5.41) is 12.4. The molecule has 7 nitrogen and oxygen atoms in total. The molecule has 184 valence electrons. The molecule has 0 spiro atoms. The van der Waals surface area contributed by atoms with Gasteiger partial charge in [-0.25, -0.2) is 4.79 Å². The first kappa shape index (κ1) is 23.4. The van der Waals surface area contributed by atoms with Crippen LogP contribution in [0.15, 0.2) is 48.5 Å². The summed E-state index contributed by atoms with van der Waals surface area (Å²) < 4.78 is 5.75. The highest BCUT2D eigenvalue weighted by atomic mass is 16.5. The highest BCUT2D eigenvalue weighted by Gasteiger charge is 2.42. The van der Waals surface area contributed by atoms with Gasteiger partial charge in [-0.1, -0.05) is 68.3 Å². The van der Waals surface area contributed by atoms with Crippen LogP contribution < -0.4 is 5.32 Å². The molecule has 0 radical (unpaired) electrons. The Morgan fingerprint density at radius 1 is 1.00 bits per heavy atom. The van der Waals surface area contributed by atoms with Crippen molar-refractivity contribution in [3.63, 3.8) is 0 Å². The number of hydrogen-bond acceptors (Lipinski definition) is 4. The van der Waals surface area contributed by atoms with Crippen LogP contribution in [0.5, 0.6) is 0 Å². The van der Waals surface area contributed by atoms with E-state index in [4.69, 9.17) is 4.74 Å². The molecule has 2 amide bonds. The van der Waals surface area contributed by atoms with Crippen LogP contribution in [0.25, 0.3) is 11.1 Å². The third kappa shape index (κ3) is 4.51. The second kappa shape index (κ2) is 9.36. The Labute approximate surface area is 205 Å². The number of carbonyl (C=O) groups excluding carboxylic acids is 2. The number of alkyl carbamates (subject to hydrolysis) is 1. The van der Waals surface area contributed by atoms with Gasteiger partial charge in [-0.3, -0.25) is 9.59 Å². The Morgan fingerprint density at radius 3 is 2.17 bits per heavy atom. The van der Waals surface area contributed by atoms with Crippen molar-refractivity contribution in [1.29, 1.82) is 0 Å². The zero-order chi connectivity index (χ0) is 24.6. The van der Waals surface area contributed by atoms with Gasteiger partial charge in [0.05, 0.1) is 17.9 Å². The van der Waals surface area contributed by atoms with Crippen LogP contribution in [0.2, 0.25) is 0 Å². The molecule has 5 rings (SSSR count). The molecular formula is C28H32N2O5. The molecular weight excluding hydrogens is 444 g/mol. The highest BCUT2D eigenvalue weighted by Crippen LogP contribution is 2.44. The van der Waals surface area contributed by atoms with Crippen LogP contribution in [-0.4, -0.2) is 53.2 Å². The molecule has 35 heavy (non-hydrogen) atoms. The molecule has 0 bridgehead atoms. The molecule has 2 fully saturated rings. The van der Waals surface area contributed by atoms with Crippen LogP contribution in [0.1, 0.15) is 56.1 Å².